The number of nitrogens with one attached hydrogen (secondary N) is 3. The van der Waals surface area contributed by atoms with Gasteiger partial charge in [-0.15, -0.1) is 0 Å². The van der Waals surface area contributed by atoms with Gasteiger partial charge in [-0.1, -0.05) is 26.0 Å². The van der Waals surface area contributed by atoms with Crippen LogP contribution in [0.25, 0.3) is 10.8 Å². The van der Waals surface area contributed by atoms with E-state index in [2.05, 4.69) is 15.6 Å². The van der Waals surface area contributed by atoms with Crippen LogP contribution in [0.5, 0.6) is 17.5 Å². The molecule has 2 aromatic rings. The second kappa shape index (κ2) is 16.6. The van der Waals surface area contributed by atoms with Crippen molar-refractivity contribution in [3.8, 4) is 17.5 Å². The molecular weight excluding hydrogens is 812 g/mol. The Bertz CT molecular complexity index is 2140. The van der Waals surface area contributed by atoms with Gasteiger partial charge in [-0.3, -0.25) is 19.1 Å². The van der Waals surface area contributed by atoms with Crippen LogP contribution >= 0.6 is 0 Å². The van der Waals surface area contributed by atoms with Crippen LogP contribution in [0, 0.1) is 17.8 Å². The van der Waals surface area contributed by atoms with Gasteiger partial charge in [-0.25, -0.2) is 26.4 Å². The fourth-order valence-corrected chi connectivity index (χ4v) is 9.31. The third kappa shape index (κ3) is 8.96. The zero-order chi connectivity index (χ0) is 44.0. The molecule has 0 bridgehead atoms. The van der Waals surface area contributed by atoms with Crippen LogP contribution in [0.15, 0.2) is 36.4 Å². The molecule has 4 amide bonds. The number of sulfonamides is 1. The number of allylic oxidation sites excluding steroid dienone is 1. The lowest BCUT2D eigenvalue weighted by molar-refractivity contribution is -0.152. The quantitative estimate of drug-likeness (QED) is 0.259. The number of nitrogens with zero attached hydrogens (tertiary/aromatic N) is 2. The summed E-state index contributed by atoms with van der Waals surface area (Å²) >= 11 is 0. The molecule has 330 valence electrons. The van der Waals surface area contributed by atoms with Gasteiger partial charge >= 0.3 is 6.09 Å². The van der Waals surface area contributed by atoms with E-state index in [4.69, 9.17) is 18.9 Å². The number of alkyl halides is 3. The highest BCUT2D eigenvalue weighted by Gasteiger charge is 2.64. The number of halogens is 3. The molecule has 1 aromatic heterocycles. The van der Waals surface area contributed by atoms with Crippen molar-refractivity contribution in [1.82, 2.24) is 25.2 Å². The number of alkyl carbamates (subject to hydrolysis) is 1. The molecule has 2 aliphatic carbocycles. The van der Waals surface area contributed by atoms with Gasteiger partial charge in [0.2, 0.25) is 33.6 Å². The van der Waals surface area contributed by atoms with Crippen molar-refractivity contribution >= 4 is 44.6 Å². The summed E-state index contributed by atoms with van der Waals surface area (Å²) in [6, 6.07) is 4.14. The van der Waals surface area contributed by atoms with Crippen molar-refractivity contribution in [3.63, 3.8) is 0 Å². The number of aromatic nitrogens is 1. The number of pyridine rings is 1. The van der Waals surface area contributed by atoms with Crippen LogP contribution in [0.3, 0.4) is 0 Å². The highest BCUT2D eigenvalue weighted by atomic mass is 32.2. The predicted molar refractivity (Wildman–Crippen MR) is 213 cm³/mol. The summed E-state index contributed by atoms with van der Waals surface area (Å²) in [6.07, 6.45) is 2.91. The van der Waals surface area contributed by atoms with Crippen LogP contribution < -0.4 is 29.6 Å². The van der Waals surface area contributed by atoms with E-state index < -0.39 is 92.3 Å². The Hall–Kier alpha value is -4.81. The summed E-state index contributed by atoms with van der Waals surface area (Å²) in [5.74, 6) is -6.40. The second-order valence-electron chi connectivity index (χ2n) is 17.3. The van der Waals surface area contributed by atoms with Crippen LogP contribution in [-0.2, 0) is 29.1 Å². The molecule has 6 rings (SSSR count). The monoisotopic (exact) mass is 865 g/mol. The molecule has 19 heteroatoms. The first-order valence-corrected chi connectivity index (χ1v) is 21.6. The smallest absolute Gasteiger partial charge is 0.408 e. The third-order valence-corrected chi connectivity index (χ3v) is 14.5. The standard InChI is InChI=1S/C41H54F3N5O10S/c1-23-10-8-9-11-26-20-41(26,36(52)48-60(54,55)40(22-42)14-15-40)47-33(50)30-19-28(58-34-29-13-12-27(56-6)17-25(29)18-31(45-34)57-7)21-49(30)35(51)32(24(2)16-23)46-37(53)59-38(3,4)39(5,43)44/h9,11-13,17-18,23-24,26,28,30,32H,8,10,14-16,19-22H2,1-7H3,(H,46,53)(H,47,50)(H,48,52). The van der Waals surface area contributed by atoms with Crippen molar-refractivity contribution in [2.45, 2.75) is 120 Å². The average molecular weight is 866 g/mol. The summed E-state index contributed by atoms with van der Waals surface area (Å²) in [4.78, 5) is 62.4. The molecule has 4 aliphatic rings. The van der Waals surface area contributed by atoms with Crippen molar-refractivity contribution < 1.29 is 59.7 Å². The largest absolute Gasteiger partial charge is 0.497 e. The number of benzene rings is 1. The van der Waals surface area contributed by atoms with Crippen molar-refractivity contribution in [2.75, 3.05) is 27.4 Å². The van der Waals surface area contributed by atoms with E-state index in [1.165, 1.54) is 19.1 Å². The fourth-order valence-electron chi connectivity index (χ4n) is 7.89. The van der Waals surface area contributed by atoms with Crippen molar-refractivity contribution in [1.29, 1.82) is 0 Å². The molecule has 3 fully saturated rings. The Morgan fingerprint density at radius 2 is 1.78 bits per heavy atom. The number of carbonyl (C=O) groups excluding carboxylic acids is 4. The van der Waals surface area contributed by atoms with Gasteiger partial charge in [0.25, 0.3) is 11.8 Å². The highest BCUT2D eigenvalue weighted by molar-refractivity contribution is 7.91. The molecule has 2 saturated carbocycles. The maximum atomic E-state index is 14.9. The van der Waals surface area contributed by atoms with Crippen molar-refractivity contribution in [2.24, 2.45) is 17.8 Å². The van der Waals surface area contributed by atoms with Crippen LogP contribution in [0.2, 0.25) is 0 Å². The summed E-state index contributed by atoms with van der Waals surface area (Å²) in [5.41, 5.74) is -4.00. The van der Waals surface area contributed by atoms with Gasteiger partial charge in [0.15, 0.2) is 5.60 Å². The highest BCUT2D eigenvalue weighted by Crippen LogP contribution is 2.48. The summed E-state index contributed by atoms with van der Waals surface area (Å²) < 4.78 is 91.9. The number of carbonyl (C=O) groups is 4. The SMILES string of the molecule is COc1ccc2c(OC3CC4C(=O)NC5(C(=O)NS(=O)(=O)C6(CF)CC6)CC5C=CCCC(C)CC(C)C(NC(=O)OC(C)(C)C(C)(F)F)C(=O)N4C3)nc(OC)cc2c1. The minimum absolute atomic E-state index is 0.0246. The topological polar surface area (TPSA) is 192 Å². The molecule has 3 heterocycles. The molecule has 2 aliphatic heterocycles. The number of ether oxygens (including phenoxy) is 4. The summed E-state index contributed by atoms with van der Waals surface area (Å²) in [5, 5.41) is 6.49. The second-order valence-corrected chi connectivity index (χ2v) is 19.4. The first-order valence-electron chi connectivity index (χ1n) is 20.1. The van der Waals surface area contributed by atoms with Gasteiger partial charge in [0.1, 0.15) is 40.9 Å². The first kappa shape index (κ1) is 44.7. The number of rotatable bonds is 11. The molecule has 1 saturated heterocycles. The van der Waals surface area contributed by atoms with E-state index in [0.29, 0.717) is 42.7 Å². The third-order valence-electron chi connectivity index (χ3n) is 12.4. The van der Waals surface area contributed by atoms with E-state index in [-0.39, 0.29) is 49.9 Å². The molecule has 7 unspecified atom stereocenters. The number of amides is 4. The molecule has 1 aromatic carbocycles. The van der Waals surface area contributed by atoms with Crippen LogP contribution in [-0.4, -0.2) is 110 Å². The van der Waals surface area contributed by atoms with E-state index in [1.54, 1.807) is 37.3 Å². The molecule has 3 N–H and O–H groups in total. The van der Waals surface area contributed by atoms with E-state index in [1.807, 2.05) is 17.7 Å². The van der Waals surface area contributed by atoms with Crippen LogP contribution in [0.1, 0.15) is 79.6 Å². The van der Waals surface area contributed by atoms with Gasteiger partial charge in [-0.2, -0.15) is 4.98 Å². The van der Waals surface area contributed by atoms with E-state index >= 15 is 0 Å². The zero-order valence-corrected chi connectivity index (χ0v) is 35.6. The van der Waals surface area contributed by atoms with Crippen LogP contribution in [0.4, 0.5) is 18.0 Å². The Kier molecular flexibility index (Phi) is 12.4. The fraction of sp³-hybridized carbons (Fsp3) is 0.634. The summed E-state index contributed by atoms with van der Waals surface area (Å²) in [7, 11) is -1.51. The lowest BCUT2D eigenvalue weighted by Crippen LogP contribution is -2.60. The van der Waals surface area contributed by atoms with E-state index in [9.17, 15) is 40.8 Å². The molecular formula is C41H54F3N5O10S. The average Bonchev–Trinajstić information content (AvgIpc) is 4.08. The first-order chi connectivity index (χ1) is 28.1. The lowest BCUT2D eigenvalue weighted by Gasteiger charge is -2.35. The number of fused-ring (bicyclic) bond motifs is 3. The Labute approximate surface area is 347 Å². The Balaban J connectivity index is 1.37. The van der Waals surface area contributed by atoms with Crippen molar-refractivity contribution in [3.05, 3.63) is 36.4 Å². The van der Waals surface area contributed by atoms with Gasteiger partial charge < -0.3 is 34.5 Å². The summed E-state index contributed by atoms with van der Waals surface area (Å²) in [6.45, 7) is 4.98. The number of hydrogen-bond donors (Lipinski definition) is 3. The molecule has 15 nitrogen and oxygen atoms in total. The maximum Gasteiger partial charge on any atom is 0.408 e. The van der Waals surface area contributed by atoms with E-state index in [0.717, 1.165) is 13.8 Å². The molecule has 7 atom stereocenters. The zero-order valence-electron chi connectivity index (χ0n) is 34.8. The Morgan fingerprint density at radius 1 is 1.07 bits per heavy atom. The number of hydrogen-bond acceptors (Lipinski definition) is 11. The minimum atomic E-state index is -4.45. The van der Waals surface area contributed by atoms with Gasteiger partial charge in [0.05, 0.1) is 20.8 Å². The van der Waals surface area contributed by atoms with Gasteiger partial charge in [-0.05, 0) is 87.8 Å². The predicted octanol–water partition coefficient (Wildman–Crippen LogP) is 4.96. The Morgan fingerprint density at radius 3 is 2.42 bits per heavy atom. The normalized spacial score (nSPS) is 28.3. The maximum absolute atomic E-state index is 14.9. The van der Waals surface area contributed by atoms with Gasteiger partial charge in [0, 0.05) is 30.7 Å². The number of methoxy groups -OCH3 is 2. The molecule has 60 heavy (non-hydrogen) atoms. The lowest BCUT2D eigenvalue weighted by atomic mass is 9.88. The molecule has 0 radical (unpaired) electrons. The molecule has 0 spiro atoms. The minimum Gasteiger partial charge on any atom is -0.497 e.